The summed E-state index contributed by atoms with van der Waals surface area (Å²) in [6.07, 6.45) is 0. The van der Waals surface area contributed by atoms with Gasteiger partial charge in [0.2, 0.25) is 0 Å². The molecule has 0 bridgehead atoms. The number of halogens is 2. The Bertz CT molecular complexity index is 563. The molecule has 0 spiro atoms. The fourth-order valence-electron chi connectivity index (χ4n) is 2.02. The first-order valence-corrected chi connectivity index (χ1v) is 6.67. The monoisotopic (exact) mass is 277 g/mol. The van der Waals surface area contributed by atoms with Crippen molar-refractivity contribution in [3.05, 3.63) is 70.0 Å². The molecule has 0 aliphatic carbocycles. The molecule has 2 aromatic rings. The minimum atomic E-state index is -0.413. The smallest absolute Gasteiger partial charge is 0.123 e. The molecular formula is C16H17ClFN. The molecule has 2 N–H and O–H groups in total. The second-order valence-electron chi connectivity index (χ2n) is 4.96. The van der Waals surface area contributed by atoms with Crippen LogP contribution in [0.25, 0.3) is 0 Å². The van der Waals surface area contributed by atoms with Crippen LogP contribution < -0.4 is 5.73 Å². The predicted molar refractivity (Wildman–Crippen MR) is 78.0 cm³/mol. The molecule has 2 aromatic carbocycles. The van der Waals surface area contributed by atoms with Crippen molar-refractivity contribution in [2.24, 2.45) is 5.73 Å². The van der Waals surface area contributed by atoms with Gasteiger partial charge >= 0.3 is 0 Å². The van der Waals surface area contributed by atoms with E-state index >= 15 is 0 Å². The highest BCUT2D eigenvalue weighted by molar-refractivity contribution is 6.31. The van der Waals surface area contributed by atoms with Gasteiger partial charge in [0.1, 0.15) is 5.82 Å². The average molecular weight is 278 g/mol. The minimum absolute atomic E-state index is 0.325. The van der Waals surface area contributed by atoms with E-state index in [1.165, 1.54) is 23.8 Å². The second kappa shape index (κ2) is 5.72. The SMILES string of the molecule is CC(C)c1ccc(C(N)c2cc(F)ccc2Cl)cc1. The Morgan fingerprint density at radius 3 is 2.16 bits per heavy atom. The maximum atomic E-state index is 13.3. The number of nitrogens with two attached hydrogens (primary N) is 1. The van der Waals surface area contributed by atoms with Gasteiger partial charge in [0, 0.05) is 5.02 Å². The van der Waals surface area contributed by atoms with Gasteiger partial charge in [-0.25, -0.2) is 4.39 Å². The Kier molecular flexibility index (Phi) is 4.23. The van der Waals surface area contributed by atoms with Gasteiger partial charge in [-0.1, -0.05) is 49.7 Å². The van der Waals surface area contributed by atoms with Gasteiger partial charge in [-0.05, 0) is 40.8 Å². The lowest BCUT2D eigenvalue weighted by Crippen LogP contribution is -2.12. The molecule has 2 rings (SSSR count). The van der Waals surface area contributed by atoms with E-state index in [2.05, 4.69) is 13.8 Å². The Morgan fingerprint density at radius 2 is 1.58 bits per heavy atom. The molecular weight excluding hydrogens is 261 g/mol. The van der Waals surface area contributed by atoms with Crippen molar-refractivity contribution in [2.75, 3.05) is 0 Å². The first kappa shape index (κ1) is 14.0. The lowest BCUT2D eigenvalue weighted by Gasteiger charge is -2.15. The summed E-state index contributed by atoms with van der Waals surface area (Å²) in [7, 11) is 0. The molecule has 1 atom stereocenters. The van der Waals surface area contributed by atoms with E-state index in [0.29, 0.717) is 16.5 Å². The van der Waals surface area contributed by atoms with E-state index in [4.69, 9.17) is 17.3 Å². The van der Waals surface area contributed by atoms with Crippen molar-refractivity contribution >= 4 is 11.6 Å². The van der Waals surface area contributed by atoms with Gasteiger partial charge in [-0.3, -0.25) is 0 Å². The predicted octanol–water partition coefficient (Wildman–Crippen LogP) is 4.65. The first-order valence-electron chi connectivity index (χ1n) is 6.29. The summed E-state index contributed by atoms with van der Waals surface area (Å²) in [6, 6.07) is 11.9. The zero-order chi connectivity index (χ0) is 14.0. The third-order valence-corrected chi connectivity index (χ3v) is 3.60. The van der Waals surface area contributed by atoms with Gasteiger partial charge in [-0.15, -0.1) is 0 Å². The second-order valence-corrected chi connectivity index (χ2v) is 5.37. The van der Waals surface area contributed by atoms with Crippen LogP contribution in [0.3, 0.4) is 0 Å². The van der Waals surface area contributed by atoms with E-state index in [1.54, 1.807) is 0 Å². The summed E-state index contributed by atoms with van der Waals surface area (Å²) in [5.74, 6) is 0.150. The maximum Gasteiger partial charge on any atom is 0.123 e. The molecule has 0 saturated heterocycles. The van der Waals surface area contributed by atoms with Crippen molar-refractivity contribution in [3.8, 4) is 0 Å². The Morgan fingerprint density at radius 1 is 1.00 bits per heavy atom. The molecule has 0 aliphatic heterocycles. The van der Waals surface area contributed by atoms with E-state index in [0.717, 1.165) is 5.56 Å². The van der Waals surface area contributed by atoms with Crippen LogP contribution in [-0.4, -0.2) is 0 Å². The largest absolute Gasteiger partial charge is 0.320 e. The molecule has 1 nitrogen and oxygen atoms in total. The highest BCUT2D eigenvalue weighted by Crippen LogP contribution is 2.28. The molecule has 0 radical (unpaired) electrons. The van der Waals surface area contributed by atoms with Crippen molar-refractivity contribution < 1.29 is 4.39 Å². The number of rotatable bonds is 3. The van der Waals surface area contributed by atoms with Crippen molar-refractivity contribution in [1.82, 2.24) is 0 Å². The Balaban J connectivity index is 2.33. The van der Waals surface area contributed by atoms with E-state index in [-0.39, 0.29) is 5.82 Å². The minimum Gasteiger partial charge on any atom is -0.320 e. The van der Waals surface area contributed by atoms with Gasteiger partial charge in [0.05, 0.1) is 6.04 Å². The summed E-state index contributed by atoms with van der Waals surface area (Å²) < 4.78 is 13.3. The standard InChI is InChI=1S/C16H17ClFN/c1-10(2)11-3-5-12(6-4-11)16(19)14-9-13(18)7-8-15(14)17/h3-10,16H,19H2,1-2H3. The zero-order valence-corrected chi connectivity index (χ0v) is 11.8. The lowest BCUT2D eigenvalue weighted by atomic mass is 9.96. The van der Waals surface area contributed by atoms with Crippen LogP contribution in [0.2, 0.25) is 5.02 Å². The molecule has 1 unspecified atom stereocenters. The quantitative estimate of drug-likeness (QED) is 0.868. The van der Waals surface area contributed by atoms with Crippen LogP contribution in [0, 0.1) is 5.82 Å². The van der Waals surface area contributed by atoms with Crippen LogP contribution in [-0.2, 0) is 0 Å². The Hall–Kier alpha value is -1.38. The van der Waals surface area contributed by atoms with Crippen LogP contribution in [0.4, 0.5) is 4.39 Å². The topological polar surface area (TPSA) is 26.0 Å². The molecule has 19 heavy (non-hydrogen) atoms. The van der Waals surface area contributed by atoms with Gasteiger partial charge in [0.15, 0.2) is 0 Å². The van der Waals surface area contributed by atoms with E-state index in [9.17, 15) is 4.39 Å². The zero-order valence-electron chi connectivity index (χ0n) is 11.0. The van der Waals surface area contributed by atoms with Crippen LogP contribution >= 0.6 is 11.6 Å². The molecule has 100 valence electrons. The molecule has 0 saturated carbocycles. The van der Waals surface area contributed by atoms with Crippen LogP contribution in [0.1, 0.15) is 42.5 Å². The third kappa shape index (κ3) is 3.14. The van der Waals surface area contributed by atoms with Crippen molar-refractivity contribution in [3.63, 3.8) is 0 Å². The molecule has 0 aliphatic rings. The summed E-state index contributed by atoms with van der Waals surface area (Å²) in [4.78, 5) is 0. The molecule has 0 heterocycles. The summed E-state index contributed by atoms with van der Waals surface area (Å²) in [5, 5.41) is 0.488. The summed E-state index contributed by atoms with van der Waals surface area (Å²) >= 11 is 6.08. The lowest BCUT2D eigenvalue weighted by molar-refractivity contribution is 0.623. The number of hydrogen-bond acceptors (Lipinski definition) is 1. The normalized spacial score (nSPS) is 12.7. The fraction of sp³-hybridized carbons (Fsp3) is 0.250. The number of benzene rings is 2. The fourth-order valence-corrected chi connectivity index (χ4v) is 2.26. The molecule has 0 aromatic heterocycles. The van der Waals surface area contributed by atoms with Gasteiger partial charge in [0.25, 0.3) is 0 Å². The third-order valence-electron chi connectivity index (χ3n) is 3.26. The van der Waals surface area contributed by atoms with Gasteiger partial charge < -0.3 is 5.73 Å². The van der Waals surface area contributed by atoms with E-state index in [1.807, 2.05) is 24.3 Å². The highest BCUT2D eigenvalue weighted by Gasteiger charge is 2.13. The highest BCUT2D eigenvalue weighted by atomic mass is 35.5. The van der Waals surface area contributed by atoms with Gasteiger partial charge in [-0.2, -0.15) is 0 Å². The molecule has 0 fully saturated rings. The number of hydrogen-bond donors (Lipinski definition) is 1. The van der Waals surface area contributed by atoms with E-state index < -0.39 is 6.04 Å². The van der Waals surface area contributed by atoms with Crippen molar-refractivity contribution in [2.45, 2.75) is 25.8 Å². The van der Waals surface area contributed by atoms with Crippen LogP contribution in [0.5, 0.6) is 0 Å². The van der Waals surface area contributed by atoms with Crippen molar-refractivity contribution in [1.29, 1.82) is 0 Å². The Labute approximate surface area is 118 Å². The maximum absolute atomic E-state index is 13.3. The summed E-state index contributed by atoms with van der Waals surface area (Å²) in [5.41, 5.74) is 8.95. The first-order chi connectivity index (χ1) is 8.99. The molecule has 3 heteroatoms. The summed E-state index contributed by atoms with van der Waals surface area (Å²) in [6.45, 7) is 4.27. The average Bonchev–Trinajstić information content (AvgIpc) is 2.41. The molecule has 0 amide bonds. The van der Waals surface area contributed by atoms with Crippen LogP contribution in [0.15, 0.2) is 42.5 Å².